The quantitative estimate of drug-likeness (QED) is 0.181. The summed E-state index contributed by atoms with van der Waals surface area (Å²) in [5.41, 5.74) is 1.16. The summed E-state index contributed by atoms with van der Waals surface area (Å²) in [5, 5.41) is 10.9. The molecule has 0 fully saturated rings. The first kappa shape index (κ1) is 26.2. The van der Waals surface area contributed by atoms with Crippen molar-refractivity contribution in [3.63, 3.8) is 0 Å². The number of aliphatic imine (C=N–C) groups is 1. The highest BCUT2D eigenvalue weighted by Crippen LogP contribution is 2.13. The van der Waals surface area contributed by atoms with Crippen LogP contribution in [0.3, 0.4) is 0 Å². The van der Waals surface area contributed by atoms with Crippen LogP contribution in [0.5, 0.6) is 5.75 Å². The maximum absolute atomic E-state index is 5.85. The fraction of sp³-hybridized carbons (Fsp3) is 0.545. The minimum atomic E-state index is 0. The molecule has 0 atom stereocenters. The number of aryl methyl sites for hydroxylation is 1. The number of nitrogens with one attached hydrogen (secondary N) is 2. The van der Waals surface area contributed by atoms with E-state index in [0.29, 0.717) is 13.2 Å². The van der Waals surface area contributed by atoms with E-state index in [1.165, 1.54) is 0 Å². The van der Waals surface area contributed by atoms with Gasteiger partial charge in [0, 0.05) is 38.6 Å². The van der Waals surface area contributed by atoms with E-state index < -0.39 is 0 Å². The van der Waals surface area contributed by atoms with Gasteiger partial charge in [0.2, 0.25) is 0 Å². The Labute approximate surface area is 198 Å². The Bertz CT molecular complexity index is 686. The third-order valence-electron chi connectivity index (χ3n) is 4.67. The molecule has 0 unspecified atom stereocenters. The van der Waals surface area contributed by atoms with Gasteiger partial charge in [-0.2, -0.15) is 5.10 Å². The predicted molar refractivity (Wildman–Crippen MR) is 135 cm³/mol. The molecule has 1 aromatic heterocycles. The molecule has 7 nitrogen and oxygen atoms in total. The van der Waals surface area contributed by atoms with Gasteiger partial charge in [0.25, 0.3) is 0 Å². The van der Waals surface area contributed by atoms with Gasteiger partial charge in [-0.1, -0.05) is 26.0 Å². The van der Waals surface area contributed by atoms with Crippen LogP contribution in [0.15, 0.2) is 47.7 Å². The number of likely N-dealkylation sites (N-methyl/N-ethyl adjacent to an activating group) is 1. The van der Waals surface area contributed by atoms with Crippen LogP contribution in [0.2, 0.25) is 0 Å². The van der Waals surface area contributed by atoms with Crippen molar-refractivity contribution in [3.05, 3.63) is 48.3 Å². The molecule has 0 amide bonds. The molecule has 0 aliphatic carbocycles. The van der Waals surface area contributed by atoms with Gasteiger partial charge in [-0.3, -0.25) is 4.68 Å². The number of hydrogen-bond donors (Lipinski definition) is 2. The predicted octanol–water partition coefficient (Wildman–Crippen LogP) is 3.37. The fourth-order valence-electron chi connectivity index (χ4n) is 2.92. The lowest BCUT2D eigenvalue weighted by Crippen LogP contribution is -2.38. The molecule has 168 valence electrons. The minimum Gasteiger partial charge on any atom is -0.492 e. The van der Waals surface area contributed by atoms with Crippen molar-refractivity contribution >= 4 is 29.9 Å². The molecule has 0 saturated heterocycles. The molecular weight excluding hydrogens is 491 g/mol. The second kappa shape index (κ2) is 16.0. The summed E-state index contributed by atoms with van der Waals surface area (Å²) in [6, 6.07) is 10.2. The van der Waals surface area contributed by atoms with Gasteiger partial charge in [0.05, 0.1) is 6.54 Å². The lowest BCUT2D eigenvalue weighted by atomic mass is 10.2. The molecule has 0 radical (unpaired) electrons. The summed E-state index contributed by atoms with van der Waals surface area (Å²) in [6.07, 6.45) is 4.78. The topological polar surface area (TPSA) is 66.7 Å². The van der Waals surface area contributed by atoms with Crippen molar-refractivity contribution in [2.45, 2.75) is 40.3 Å². The standard InChI is InChI=1S/C22H36N6O.HI/c1-4-23-22(24-13-7-15-28-16-8-14-26-28)25-19-20-9-11-21(12-10-20)29-18-17-27(5-2)6-3;/h8-12,14,16H,4-7,13,15,17-19H2,1-3H3,(H2,23,24,25);1H. The molecule has 2 rings (SSSR count). The van der Waals surface area contributed by atoms with Crippen molar-refractivity contribution in [3.8, 4) is 5.75 Å². The first-order valence-corrected chi connectivity index (χ1v) is 10.7. The highest BCUT2D eigenvalue weighted by Gasteiger charge is 2.01. The summed E-state index contributed by atoms with van der Waals surface area (Å²) >= 11 is 0. The summed E-state index contributed by atoms with van der Waals surface area (Å²) in [6.45, 7) is 13.4. The third-order valence-corrected chi connectivity index (χ3v) is 4.67. The van der Waals surface area contributed by atoms with E-state index >= 15 is 0 Å². The molecule has 8 heteroatoms. The molecule has 0 aliphatic rings. The van der Waals surface area contributed by atoms with Crippen LogP contribution in [0.1, 0.15) is 32.8 Å². The smallest absolute Gasteiger partial charge is 0.191 e. The molecule has 1 heterocycles. The average Bonchev–Trinajstić information content (AvgIpc) is 3.27. The van der Waals surface area contributed by atoms with Crippen molar-refractivity contribution < 1.29 is 4.74 Å². The van der Waals surface area contributed by atoms with Crippen molar-refractivity contribution in [2.75, 3.05) is 39.3 Å². The second-order valence-corrected chi connectivity index (χ2v) is 6.76. The van der Waals surface area contributed by atoms with Crippen molar-refractivity contribution in [1.29, 1.82) is 0 Å². The van der Waals surface area contributed by atoms with Crippen molar-refractivity contribution in [2.24, 2.45) is 4.99 Å². The van der Waals surface area contributed by atoms with Gasteiger partial charge in [0.15, 0.2) is 5.96 Å². The van der Waals surface area contributed by atoms with Gasteiger partial charge in [0.1, 0.15) is 12.4 Å². The van der Waals surface area contributed by atoms with Gasteiger partial charge in [-0.05, 0) is 50.2 Å². The number of nitrogens with zero attached hydrogens (tertiary/aromatic N) is 4. The number of ether oxygens (including phenoxy) is 1. The Morgan fingerprint density at radius 3 is 2.53 bits per heavy atom. The second-order valence-electron chi connectivity index (χ2n) is 6.76. The van der Waals surface area contributed by atoms with Crippen LogP contribution >= 0.6 is 24.0 Å². The first-order chi connectivity index (χ1) is 14.2. The van der Waals surface area contributed by atoms with E-state index in [0.717, 1.165) is 63.0 Å². The molecule has 2 N–H and O–H groups in total. The van der Waals surface area contributed by atoms with E-state index in [9.17, 15) is 0 Å². The monoisotopic (exact) mass is 528 g/mol. The maximum atomic E-state index is 5.85. The van der Waals surface area contributed by atoms with E-state index in [4.69, 9.17) is 4.74 Å². The van der Waals surface area contributed by atoms with Crippen molar-refractivity contribution in [1.82, 2.24) is 25.3 Å². The Hall–Kier alpha value is -1.81. The Morgan fingerprint density at radius 1 is 1.13 bits per heavy atom. The Balaban J connectivity index is 0.00000450. The zero-order valence-electron chi connectivity index (χ0n) is 18.5. The lowest BCUT2D eigenvalue weighted by Gasteiger charge is -2.18. The lowest BCUT2D eigenvalue weighted by molar-refractivity contribution is 0.223. The third kappa shape index (κ3) is 10.3. The highest BCUT2D eigenvalue weighted by molar-refractivity contribution is 14.0. The summed E-state index contributed by atoms with van der Waals surface area (Å²) < 4.78 is 7.79. The zero-order valence-corrected chi connectivity index (χ0v) is 20.8. The molecule has 0 spiro atoms. The van der Waals surface area contributed by atoms with Crippen LogP contribution in [0, 0.1) is 0 Å². The maximum Gasteiger partial charge on any atom is 0.191 e. The fourth-order valence-corrected chi connectivity index (χ4v) is 2.92. The molecule has 0 bridgehead atoms. The molecule has 1 aromatic carbocycles. The van der Waals surface area contributed by atoms with E-state index in [1.807, 2.05) is 29.1 Å². The summed E-state index contributed by atoms with van der Waals surface area (Å²) in [5.74, 6) is 1.75. The largest absolute Gasteiger partial charge is 0.492 e. The van der Waals surface area contributed by atoms with Crippen LogP contribution in [0.4, 0.5) is 0 Å². The molecule has 30 heavy (non-hydrogen) atoms. The molecule has 0 aliphatic heterocycles. The van der Waals surface area contributed by atoms with Crippen LogP contribution in [-0.2, 0) is 13.1 Å². The SMILES string of the molecule is CCNC(=NCc1ccc(OCCN(CC)CC)cc1)NCCCn1cccn1.I. The normalized spacial score (nSPS) is 11.3. The molecular formula is C22H37IN6O. The van der Waals surface area contributed by atoms with E-state index in [2.05, 4.69) is 58.5 Å². The summed E-state index contributed by atoms with van der Waals surface area (Å²) in [4.78, 5) is 7.03. The zero-order chi connectivity index (χ0) is 20.7. The number of guanidine groups is 1. The number of aromatic nitrogens is 2. The van der Waals surface area contributed by atoms with Crippen LogP contribution in [0.25, 0.3) is 0 Å². The van der Waals surface area contributed by atoms with Gasteiger partial charge in [-0.15, -0.1) is 24.0 Å². The number of rotatable bonds is 13. The number of halogens is 1. The first-order valence-electron chi connectivity index (χ1n) is 10.7. The minimum absolute atomic E-state index is 0. The van der Waals surface area contributed by atoms with Gasteiger partial charge >= 0.3 is 0 Å². The average molecular weight is 528 g/mol. The summed E-state index contributed by atoms with van der Waals surface area (Å²) in [7, 11) is 0. The van der Waals surface area contributed by atoms with Crippen LogP contribution in [-0.4, -0.2) is 60.0 Å². The van der Waals surface area contributed by atoms with E-state index in [1.54, 1.807) is 6.20 Å². The Kier molecular flexibility index (Phi) is 13.9. The number of benzene rings is 1. The van der Waals surface area contributed by atoms with Gasteiger partial charge in [-0.25, -0.2) is 4.99 Å². The van der Waals surface area contributed by atoms with E-state index in [-0.39, 0.29) is 24.0 Å². The molecule has 2 aromatic rings. The molecule has 0 saturated carbocycles. The highest BCUT2D eigenvalue weighted by atomic mass is 127. The number of hydrogen-bond acceptors (Lipinski definition) is 4. The Morgan fingerprint density at radius 2 is 1.90 bits per heavy atom. The van der Waals surface area contributed by atoms with Gasteiger partial charge < -0.3 is 20.3 Å². The van der Waals surface area contributed by atoms with Crippen LogP contribution < -0.4 is 15.4 Å².